The van der Waals surface area contributed by atoms with E-state index >= 15 is 0 Å². The minimum atomic E-state index is -0.838. The fraction of sp³-hybridized carbons (Fsp3) is 0.200. The van der Waals surface area contributed by atoms with Crippen LogP contribution in [0.1, 0.15) is 40.9 Å². The van der Waals surface area contributed by atoms with Gasteiger partial charge in [-0.1, -0.05) is 41.9 Å². The molecule has 0 atom stereocenters. The second kappa shape index (κ2) is 8.36. The number of anilines is 1. The van der Waals surface area contributed by atoms with Crippen molar-refractivity contribution in [3.05, 3.63) is 99.6 Å². The van der Waals surface area contributed by atoms with Crippen molar-refractivity contribution in [1.82, 2.24) is 5.32 Å². The van der Waals surface area contributed by atoms with E-state index in [1.54, 1.807) is 56.3 Å². The van der Waals surface area contributed by atoms with Gasteiger partial charge >= 0.3 is 0 Å². The lowest BCUT2D eigenvalue weighted by molar-refractivity contribution is -0.122. The van der Waals surface area contributed by atoms with Crippen LogP contribution in [0.25, 0.3) is 0 Å². The summed E-state index contributed by atoms with van der Waals surface area (Å²) < 4.78 is 28.2. The predicted molar refractivity (Wildman–Crippen MR) is 120 cm³/mol. The van der Waals surface area contributed by atoms with Gasteiger partial charge in [0.1, 0.15) is 11.6 Å². The number of hydrogen-bond acceptors (Lipinski definition) is 2. The van der Waals surface area contributed by atoms with Crippen LogP contribution in [0.5, 0.6) is 0 Å². The summed E-state index contributed by atoms with van der Waals surface area (Å²) in [5.74, 6) is -1.52. The van der Waals surface area contributed by atoms with Crippen LogP contribution in [0, 0.1) is 11.6 Å². The first-order valence-corrected chi connectivity index (χ1v) is 10.5. The van der Waals surface area contributed by atoms with E-state index in [1.807, 2.05) is 0 Å². The molecule has 0 radical (unpaired) electrons. The maximum Gasteiger partial charge on any atom is 0.251 e. The summed E-state index contributed by atoms with van der Waals surface area (Å²) in [6.45, 7) is 3.55. The van der Waals surface area contributed by atoms with Gasteiger partial charge in [0.2, 0.25) is 5.91 Å². The molecule has 4 nitrogen and oxygen atoms in total. The van der Waals surface area contributed by atoms with Crippen LogP contribution < -0.4 is 10.2 Å². The number of carbonyl (C=O) groups excluding carboxylic acids is 2. The molecule has 2 amide bonds. The van der Waals surface area contributed by atoms with Gasteiger partial charge in [-0.2, -0.15) is 0 Å². The average molecular weight is 455 g/mol. The van der Waals surface area contributed by atoms with Gasteiger partial charge in [0.25, 0.3) is 5.91 Å². The average Bonchev–Trinajstić information content (AvgIpc) is 2.95. The molecule has 1 aliphatic heterocycles. The molecule has 0 bridgehead atoms. The molecule has 4 rings (SSSR count). The van der Waals surface area contributed by atoms with Gasteiger partial charge in [-0.05, 0) is 49.7 Å². The van der Waals surface area contributed by atoms with Crippen LogP contribution in [0.15, 0.2) is 60.7 Å². The standard InChI is InChI=1S/C25H21ClF2N2O2/c1-25(2)18-11-10-15(23(31)29-13-16-6-3-4-8-20(16)27)12-22(18)30(24(25)32)14-17-19(26)7-5-9-21(17)28/h3-12H,13-14H2,1-2H3,(H,29,31). The van der Waals surface area contributed by atoms with Crippen molar-refractivity contribution in [2.75, 3.05) is 4.90 Å². The van der Waals surface area contributed by atoms with Crippen LogP contribution in [-0.2, 0) is 23.3 Å². The Morgan fingerprint density at radius 2 is 1.75 bits per heavy atom. The minimum Gasteiger partial charge on any atom is -0.348 e. The van der Waals surface area contributed by atoms with E-state index in [4.69, 9.17) is 11.6 Å². The normalized spacial score (nSPS) is 14.4. The number of fused-ring (bicyclic) bond motifs is 1. The highest BCUT2D eigenvalue weighted by Gasteiger charge is 2.44. The molecule has 1 heterocycles. The molecule has 0 spiro atoms. The summed E-state index contributed by atoms with van der Waals surface area (Å²) in [5, 5.41) is 2.92. The summed E-state index contributed by atoms with van der Waals surface area (Å²) >= 11 is 6.18. The monoisotopic (exact) mass is 454 g/mol. The van der Waals surface area contributed by atoms with Crippen LogP contribution in [0.2, 0.25) is 5.02 Å². The zero-order valence-electron chi connectivity index (χ0n) is 17.6. The Morgan fingerprint density at radius 1 is 1.03 bits per heavy atom. The summed E-state index contributed by atoms with van der Waals surface area (Å²) in [5.41, 5.74) is 1.32. The lowest BCUT2D eigenvalue weighted by Crippen LogP contribution is -2.36. The van der Waals surface area contributed by atoms with Gasteiger partial charge in [0.05, 0.1) is 12.0 Å². The number of hydrogen-bond donors (Lipinski definition) is 1. The predicted octanol–water partition coefficient (Wildman–Crippen LogP) is 5.37. The zero-order valence-corrected chi connectivity index (χ0v) is 18.3. The number of nitrogens with one attached hydrogen (secondary N) is 1. The van der Waals surface area contributed by atoms with Gasteiger partial charge in [-0.3, -0.25) is 9.59 Å². The third-order valence-electron chi connectivity index (χ3n) is 5.78. The molecule has 0 saturated heterocycles. The zero-order chi connectivity index (χ0) is 23.0. The van der Waals surface area contributed by atoms with Gasteiger partial charge < -0.3 is 10.2 Å². The van der Waals surface area contributed by atoms with Crippen LogP contribution in [0.3, 0.4) is 0 Å². The fourth-order valence-corrected chi connectivity index (χ4v) is 4.13. The van der Waals surface area contributed by atoms with Crippen LogP contribution in [-0.4, -0.2) is 11.8 Å². The maximum atomic E-state index is 14.4. The first-order chi connectivity index (χ1) is 15.2. The van der Waals surface area contributed by atoms with E-state index in [-0.39, 0.29) is 29.6 Å². The maximum absolute atomic E-state index is 14.4. The van der Waals surface area contributed by atoms with E-state index < -0.39 is 23.0 Å². The highest BCUT2D eigenvalue weighted by molar-refractivity contribution is 6.31. The quantitative estimate of drug-likeness (QED) is 0.563. The van der Waals surface area contributed by atoms with Crippen molar-refractivity contribution in [3.63, 3.8) is 0 Å². The molecule has 164 valence electrons. The highest BCUT2D eigenvalue weighted by atomic mass is 35.5. The summed E-state index contributed by atoms with van der Waals surface area (Å²) in [4.78, 5) is 27.3. The van der Waals surface area contributed by atoms with Crippen LogP contribution >= 0.6 is 11.6 Å². The van der Waals surface area contributed by atoms with Crippen molar-refractivity contribution < 1.29 is 18.4 Å². The van der Waals surface area contributed by atoms with Crippen molar-refractivity contribution >= 4 is 29.1 Å². The molecule has 1 aliphatic rings. The minimum absolute atomic E-state index is 0.0293. The number of nitrogens with zero attached hydrogens (tertiary/aromatic N) is 1. The van der Waals surface area contributed by atoms with E-state index in [9.17, 15) is 18.4 Å². The molecule has 0 fully saturated rings. The number of amides is 2. The van der Waals surface area contributed by atoms with E-state index in [1.165, 1.54) is 23.1 Å². The molecule has 3 aromatic carbocycles. The lowest BCUT2D eigenvalue weighted by atomic mass is 9.86. The molecule has 3 aromatic rings. The molecule has 1 N–H and O–H groups in total. The number of halogens is 3. The molecule has 0 aromatic heterocycles. The lowest BCUT2D eigenvalue weighted by Gasteiger charge is -2.21. The Balaban J connectivity index is 1.64. The Bertz CT molecular complexity index is 1210. The third kappa shape index (κ3) is 3.86. The van der Waals surface area contributed by atoms with Gasteiger partial charge in [0.15, 0.2) is 0 Å². The first kappa shape index (κ1) is 22.0. The highest BCUT2D eigenvalue weighted by Crippen LogP contribution is 2.43. The Morgan fingerprint density at radius 3 is 2.47 bits per heavy atom. The van der Waals surface area contributed by atoms with Crippen molar-refractivity contribution in [1.29, 1.82) is 0 Å². The number of rotatable bonds is 5. The van der Waals surface area contributed by atoms with Gasteiger partial charge in [-0.15, -0.1) is 0 Å². The molecular formula is C25H21ClF2N2O2. The summed E-state index contributed by atoms with van der Waals surface area (Å²) in [7, 11) is 0. The summed E-state index contributed by atoms with van der Waals surface area (Å²) in [6, 6.07) is 15.5. The number of carbonyl (C=O) groups is 2. The van der Waals surface area contributed by atoms with Crippen molar-refractivity contribution in [2.24, 2.45) is 0 Å². The van der Waals surface area contributed by atoms with E-state index in [0.717, 1.165) is 5.56 Å². The summed E-state index contributed by atoms with van der Waals surface area (Å²) in [6.07, 6.45) is 0. The van der Waals surface area contributed by atoms with E-state index in [2.05, 4.69) is 5.32 Å². The number of benzene rings is 3. The molecular weight excluding hydrogens is 434 g/mol. The Labute approximate surface area is 189 Å². The van der Waals surface area contributed by atoms with Crippen molar-refractivity contribution in [3.8, 4) is 0 Å². The smallest absolute Gasteiger partial charge is 0.251 e. The second-order valence-electron chi connectivity index (χ2n) is 8.22. The Kier molecular flexibility index (Phi) is 5.73. The molecule has 0 saturated carbocycles. The molecule has 0 aliphatic carbocycles. The Hall–Kier alpha value is -3.25. The third-order valence-corrected chi connectivity index (χ3v) is 6.13. The SMILES string of the molecule is CC1(C)C(=O)N(Cc2c(F)cccc2Cl)c2cc(C(=O)NCc3ccccc3F)ccc21. The molecule has 0 unspecified atom stereocenters. The van der Waals surface area contributed by atoms with Gasteiger partial charge in [-0.25, -0.2) is 8.78 Å². The molecule has 32 heavy (non-hydrogen) atoms. The topological polar surface area (TPSA) is 49.4 Å². The van der Waals surface area contributed by atoms with Crippen molar-refractivity contribution in [2.45, 2.75) is 32.4 Å². The first-order valence-electron chi connectivity index (χ1n) is 10.1. The largest absolute Gasteiger partial charge is 0.348 e. The van der Waals surface area contributed by atoms with E-state index in [0.29, 0.717) is 16.8 Å². The van der Waals surface area contributed by atoms with Gasteiger partial charge in [0, 0.05) is 33.9 Å². The van der Waals surface area contributed by atoms with Crippen LogP contribution in [0.4, 0.5) is 14.5 Å². The fourth-order valence-electron chi connectivity index (χ4n) is 3.90. The second-order valence-corrected chi connectivity index (χ2v) is 8.63. The molecule has 7 heteroatoms.